The highest BCUT2D eigenvalue weighted by Crippen LogP contribution is 2.34. The Morgan fingerprint density at radius 2 is 1.56 bits per heavy atom. The zero-order valence-corrected chi connectivity index (χ0v) is 32.7. The summed E-state index contributed by atoms with van der Waals surface area (Å²) < 4.78 is 17.8. The molecule has 0 saturated carbocycles. The fraction of sp³-hybridized carbons (Fsp3) is 0.289. The van der Waals surface area contributed by atoms with Gasteiger partial charge in [-0.05, 0) is 96.0 Å². The van der Waals surface area contributed by atoms with E-state index in [1.54, 1.807) is 36.5 Å². The smallest absolute Gasteiger partial charge is 0.246 e. The number of ether oxygens (including phenoxy) is 3. The molecule has 9 heteroatoms. The van der Waals surface area contributed by atoms with Crippen LogP contribution in [-0.4, -0.2) is 53.5 Å². The Balaban J connectivity index is 0.910. The van der Waals surface area contributed by atoms with E-state index in [4.69, 9.17) is 37.4 Å². The second-order valence-electron chi connectivity index (χ2n) is 13.9. The van der Waals surface area contributed by atoms with Gasteiger partial charge in [0, 0.05) is 55.5 Å². The number of nitrogens with zero attached hydrogens (tertiary/aromatic N) is 3. The lowest BCUT2D eigenvalue weighted by atomic mass is 10.0. The van der Waals surface area contributed by atoms with Crippen molar-refractivity contribution in [2.24, 2.45) is 0 Å². The zero-order chi connectivity index (χ0) is 37.9. The number of carbonyl (C=O) groups is 1. The van der Waals surface area contributed by atoms with E-state index < -0.39 is 0 Å². The van der Waals surface area contributed by atoms with Crippen LogP contribution in [0.1, 0.15) is 59.6 Å². The summed E-state index contributed by atoms with van der Waals surface area (Å²) in [7, 11) is 0. The van der Waals surface area contributed by atoms with Crippen LogP contribution < -0.4 is 14.2 Å². The number of aryl methyl sites for hydroxylation is 2. The van der Waals surface area contributed by atoms with Crippen molar-refractivity contribution >= 4 is 35.2 Å². The van der Waals surface area contributed by atoms with E-state index >= 15 is 0 Å². The van der Waals surface area contributed by atoms with E-state index in [0.29, 0.717) is 59.6 Å². The average molecular weight is 765 g/mol. The maximum atomic E-state index is 13.1. The lowest BCUT2D eigenvalue weighted by Gasteiger charge is -2.34. The second kappa shape index (κ2) is 19.0. The van der Waals surface area contributed by atoms with Crippen LogP contribution in [0.25, 0.3) is 6.08 Å². The monoisotopic (exact) mass is 763 g/mol. The molecule has 2 heterocycles. The molecule has 54 heavy (non-hydrogen) atoms. The number of aromatic nitrogens is 1. The number of hydrogen-bond donors (Lipinski definition) is 0. The third-order valence-corrected chi connectivity index (χ3v) is 10.1. The topological polar surface area (TPSA) is 64.1 Å². The van der Waals surface area contributed by atoms with Gasteiger partial charge < -0.3 is 19.1 Å². The van der Waals surface area contributed by atoms with E-state index in [9.17, 15) is 4.79 Å². The largest absolute Gasteiger partial charge is 0.494 e. The Morgan fingerprint density at radius 3 is 2.24 bits per heavy atom. The minimum Gasteiger partial charge on any atom is -0.494 e. The molecule has 4 aromatic carbocycles. The molecule has 1 fully saturated rings. The molecule has 0 N–H and O–H groups in total. The summed E-state index contributed by atoms with van der Waals surface area (Å²) in [6.45, 7) is 11.3. The van der Waals surface area contributed by atoms with Gasteiger partial charge in [0.2, 0.25) is 11.8 Å². The standard InChI is InChI=1S/C45H47Cl2N3O4/c1-32(2)37-15-17-39(18-16-37)52-26-6-7-34-10-12-35(13-11-34)30-49-22-24-50(25-23-49)44(51)21-14-36-27-33(3)45(42(47)28-36)54-43-20-19-40(29-48-43)53-31-38-8-4-5-9-41(38)46/h4-5,8-21,27-29,32H,6-7,22-26,30-31H2,1-3H3. The molecule has 0 radical (unpaired) electrons. The summed E-state index contributed by atoms with van der Waals surface area (Å²) in [4.78, 5) is 21.8. The molecule has 1 aliphatic rings. The van der Waals surface area contributed by atoms with Crippen molar-refractivity contribution in [3.8, 4) is 23.1 Å². The van der Waals surface area contributed by atoms with Crippen LogP contribution in [0.3, 0.4) is 0 Å². The van der Waals surface area contributed by atoms with Crippen molar-refractivity contribution in [2.75, 3.05) is 32.8 Å². The lowest BCUT2D eigenvalue weighted by molar-refractivity contribution is -0.127. The van der Waals surface area contributed by atoms with Crippen LogP contribution >= 0.6 is 23.2 Å². The zero-order valence-electron chi connectivity index (χ0n) is 31.1. The SMILES string of the molecule is Cc1cc(C=CC(=O)N2CCN(Cc3ccc(CCCOc4ccc(C(C)C)cc4)cc3)CC2)cc(Cl)c1Oc1ccc(OCc2ccccc2Cl)cn1. The van der Waals surface area contributed by atoms with Gasteiger partial charge in [-0.2, -0.15) is 0 Å². The predicted molar refractivity (Wildman–Crippen MR) is 218 cm³/mol. The van der Waals surface area contributed by atoms with Crippen molar-refractivity contribution in [2.45, 2.75) is 52.7 Å². The van der Waals surface area contributed by atoms with E-state index in [-0.39, 0.29) is 5.91 Å². The Morgan fingerprint density at radius 1 is 0.833 bits per heavy atom. The first kappa shape index (κ1) is 38.9. The van der Waals surface area contributed by atoms with E-state index in [0.717, 1.165) is 54.9 Å². The Hall–Kier alpha value is -4.82. The second-order valence-corrected chi connectivity index (χ2v) is 14.7. The van der Waals surface area contributed by atoms with Gasteiger partial charge in [0.25, 0.3) is 0 Å². The summed E-state index contributed by atoms with van der Waals surface area (Å²) in [5.41, 5.74) is 6.47. The lowest BCUT2D eigenvalue weighted by Crippen LogP contribution is -2.47. The van der Waals surface area contributed by atoms with E-state index in [2.05, 4.69) is 72.3 Å². The van der Waals surface area contributed by atoms with Gasteiger partial charge in [-0.15, -0.1) is 0 Å². The molecule has 0 bridgehead atoms. The molecule has 1 amide bonds. The number of halogens is 2. The summed E-state index contributed by atoms with van der Waals surface area (Å²) in [5.74, 6) is 2.94. The van der Waals surface area contributed by atoms with Crippen LogP contribution in [0, 0.1) is 6.92 Å². The molecule has 0 unspecified atom stereocenters. The third kappa shape index (κ3) is 11.1. The molecular weight excluding hydrogens is 717 g/mol. The summed E-state index contributed by atoms with van der Waals surface area (Å²) >= 11 is 12.9. The Labute approximate surface area is 329 Å². The van der Waals surface area contributed by atoms with Crippen molar-refractivity contribution < 1.29 is 19.0 Å². The minimum atomic E-state index is -0.00861. The molecule has 0 atom stereocenters. The first-order valence-electron chi connectivity index (χ1n) is 18.5. The van der Waals surface area contributed by atoms with Crippen molar-refractivity contribution in [3.05, 3.63) is 153 Å². The van der Waals surface area contributed by atoms with E-state index in [1.807, 2.05) is 42.2 Å². The minimum absolute atomic E-state index is 0.00861. The molecule has 1 aliphatic heterocycles. The van der Waals surface area contributed by atoms with E-state index in [1.165, 1.54) is 16.7 Å². The summed E-state index contributed by atoms with van der Waals surface area (Å²) in [6.07, 6.45) is 6.98. The normalized spacial score (nSPS) is 13.4. The maximum absolute atomic E-state index is 13.1. The van der Waals surface area contributed by atoms with Gasteiger partial charge in [-0.25, -0.2) is 4.98 Å². The molecular formula is C45H47Cl2N3O4. The van der Waals surface area contributed by atoms with Gasteiger partial charge in [-0.1, -0.05) is 91.6 Å². The highest BCUT2D eigenvalue weighted by Gasteiger charge is 2.20. The number of benzene rings is 4. The Bertz CT molecular complexity index is 1980. The van der Waals surface area contributed by atoms with Crippen LogP contribution in [0.5, 0.6) is 23.1 Å². The summed E-state index contributed by atoms with van der Waals surface area (Å²) in [6, 6.07) is 32.1. The van der Waals surface area contributed by atoms with Crippen molar-refractivity contribution in [1.82, 2.24) is 14.8 Å². The molecule has 1 saturated heterocycles. The van der Waals surface area contributed by atoms with Crippen LogP contribution in [0.4, 0.5) is 0 Å². The van der Waals surface area contributed by atoms with Crippen molar-refractivity contribution in [3.63, 3.8) is 0 Å². The Kier molecular flexibility index (Phi) is 13.7. The highest BCUT2D eigenvalue weighted by molar-refractivity contribution is 6.32. The fourth-order valence-corrected chi connectivity index (χ4v) is 6.76. The summed E-state index contributed by atoms with van der Waals surface area (Å²) in [5, 5.41) is 1.09. The van der Waals surface area contributed by atoms with Gasteiger partial charge in [0.05, 0.1) is 17.8 Å². The number of piperazine rings is 1. The van der Waals surface area contributed by atoms with Gasteiger partial charge in [-0.3, -0.25) is 9.69 Å². The molecule has 5 aromatic rings. The molecule has 0 spiro atoms. The third-order valence-electron chi connectivity index (χ3n) is 9.48. The van der Waals surface area contributed by atoms with Crippen molar-refractivity contribution in [1.29, 1.82) is 0 Å². The van der Waals surface area contributed by atoms with Crippen LogP contribution in [0.15, 0.2) is 109 Å². The van der Waals surface area contributed by atoms with Crippen LogP contribution in [-0.2, 0) is 24.4 Å². The van der Waals surface area contributed by atoms with Gasteiger partial charge in [0.1, 0.15) is 18.1 Å². The quantitative estimate of drug-likeness (QED) is 0.0781. The number of rotatable bonds is 15. The number of amides is 1. The highest BCUT2D eigenvalue weighted by atomic mass is 35.5. The number of hydrogen-bond acceptors (Lipinski definition) is 6. The predicted octanol–water partition coefficient (Wildman–Crippen LogP) is 10.6. The number of carbonyl (C=O) groups excluding carboxylic acids is 1. The van der Waals surface area contributed by atoms with Crippen LogP contribution in [0.2, 0.25) is 10.0 Å². The first-order chi connectivity index (χ1) is 26.2. The fourth-order valence-electron chi connectivity index (χ4n) is 6.26. The molecule has 1 aromatic heterocycles. The van der Waals surface area contributed by atoms with Gasteiger partial charge in [0.15, 0.2) is 5.75 Å². The molecule has 0 aliphatic carbocycles. The number of pyridine rings is 1. The molecule has 280 valence electrons. The molecule has 6 rings (SSSR count). The average Bonchev–Trinajstić information content (AvgIpc) is 3.18. The maximum Gasteiger partial charge on any atom is 0.246 e. The molecule has 7 nitrogen and oxygen atoms in total. The van der Waals surface area contributed by atoms with Gasteiger partial charge >= 0.3 is 0 Å². The first-order valence-corrected chi connectivity index (χ1v) is 19.3.